The number of urea groups is 1. The van der Waals surface area contributed by atoms with Gasteiger partial charge in [-0.3, -0.25) is 19.8 Å². The molecule has 1 unspecified atom stereocenters. The molecule has 0 spiro atoms. The zero-order valence-electron chi connectivity index (χ0n) is 12.5. The fourth-order valence-electron chi connectivity index (χ4n) is 1.50. The molecule has 0 fully saturated rings. The van der Waals surface area contributed by atoms with Gasteiger partial charge >= 0.3 is 12.0 Å². The highest BCUT2D eigenvalue weighted by molar-refractivity contribution is 5.96. The molecule has 0 saturated carbocycles. The molecule has 0 aromatic heterocycles. The first-order valence-corrected chi connectivity index (χ1v) is 6.47. The molecule has 3 amide bonds. The molecule has 0 saturated heterocycles. The van der Waals surface area contributed by atoms with Gasteiger partial charge in [-0.15, -0.1) is 0 Å². The minimum Gasteiger partial charge on any atom is -0.480 e. The highest BCUT2D eigenvalue weighted by atomic mass is 16.4. The third-order valence-corrected chi connectivity index (χ3v) is 2.67. The topological polar surface area (TPSA) is 102 Å². The maximum Gasteiger partial charge on any atom is 0.321 e. The van der Waals surface area contributed by atoms with E-state index in [2.05, 4.69) is 10.6 Å². The summed E-state index contributed by atoms with van der Waals surface area (Å²) in [7, 11) is 3.72. The van der Waals surface area contributed by atoms with E-state index in [0.717, 1.165) is 0 Å². The number of rotatable bonds is 8. The average molecular weight is 288 g/mol. The Kier molecular flexibility index (Phi) is 8.49. The predicted octanol–water partition coefficient (Wildman–Crippen LogP) is -0.831. The van der Waals surface area contributed by atoms with E-state index in [-0.39, 0.29) is 6.54 Å². The second kappa shape index (κ2) is 9.27. The summed E-state index contributed by atoms with van der Waals surface area (Å²) in [5.41, 5.74) is 0. The van der Waals surface area contributed by atoms with Crippen molar-refractivity contribution in [1.29, 1.82) is 0 Å². The Labute approximate surface area is 119 Å². The van der Waals surface area contributed by atoms with Gasteiger partial charge in [-0.05, 0) is 27.9 Å². The standard InChI is InChI=1S/C12H24N4O4/c1-5-13-12(20)14-11(19)9(2)16(8-10(17)18)7-6-15(3)4/h9H,5-8H2,1-4H3,(H,17,18)(H2,13,14,19,20). The normalized spacial score (nSPS) is 12.3. The quantitative estimate of drug-likeness (QED) is 0.539. The smallest absolute Gasteiger partial charge is 0.321 e. The third kappa shape index (κ3) is 7.70. The lowest BCUT2D eigenvalue weighted by Gasteiger charge is -2.27. The lowest BCUT2D eigenvalue weighted by atomic mass is 10.2. The minimum atomic E-state index is -1.01. The van der Waals surface area contributed by atoms with E-state index in [0.29, 0.717) is 19.6 Å². The SMILES string of the molecule is CCNC(=O)NC(=O)C(C)N(CCN(C)C)CC(=O)O. The summed E-state index contributed by atoms with van der Waals surface area (Å²) in [5.74, 6) is -1.53. The van der Waals surface area contributed by atoms with Gasteiger partial charge in [0, 0.05) is 19.6 Å². The molecule has 0 aliphatic rings. The van der Waals surface area contributed by atoms with Crippen LogP contribution >= 0.6 is 0 Å². The second-order valence-electron chi connectivity index (χ2n) is 4.69. The number of nitrogens with zero attached hydrogens (tertiary/aromatic N) is 2. The molecule has 0 rings (SSSR count). The number of carbonyl (C=O) groups is 3. The van der Waals surface area contributed by atoms with Crippen molar-refractivity contribution < 1.29 is 19.5 Å². The fourth-order valence-corrected chi connectivity index (χ4v) is 1.50. The first-order valence-electron chi connectivity index (χ1n) is 6.47. The van der Waals surface area contributed by atoms with E-state index in [1.54, 1.807) is 13.8 Å². The van der Waals surface area contributed by atoms with Gasteiger partial charge in [-0.1, -0.05) is 0 Å². The monoisotopic (exact) mass is 288 g/mol. The number of carboxylic acids is 1. The lowest BCUT2D eigenvalue weighted by molar-refractivity contribution is -0.139. The lowest BCUT2D eigenvalue weighted by Crippen LogP contribution is -2.52. The van der Waals surface area contributed by atoms with Crippen LogP contribution < -0.4 is 10.6 Å². The number of imide groups is 1. The maximum atomic E-state index is 11.9. The van der Waals surface area contributed by atoms with Crippen molar-refractivity contribution in [2.24, 2.45) is 0 Å². The molecule has 0 bridgehead atoms. The molecular formula is C12H24N4O4. The van der Waals surface area contributed by atoms with E-state index in [1.165, 1.54) is 4.90 Å². The van der Waals surface area contributed by atoms with Crippen molar-refractivity contribution in [3.8, 4) is 0 Å². The number of aliphatic carboxylic acids is 1. The summed E-state index contributed by atoms with van der Waals surface area (Å²) < 4.78 is 0. The van der Waals surface area contributed by atoms with Gasteiger partial charge in [0.2, 0.25) is 5.91 Å². The van der Waals surface area contributed by atoms with Crippen LogP contribution in [0.3, 0.4) is 0 Å². The van der Waals surface area contributed by atoms with Gasteiger partial charge in [0.25, 0.3) is 0 Å². The Morgan fingerprint density at radius 1 is 1.20 bits per heavy atom. The first kappa shape index (κ1) is 18.3. The van der Waals surface area contributed by atoms with Gasteiger partial charge < -0.3 is 15.3 Å². The van der Waals surface area contributed by atoms with Crippen LogP contribution in [0.4, 0.5) is 4.79 Å². The predicted molar refractivity (Wildman–Crippen MR) is 74.4 cm³/mol. The summed E-state index contributed by atoms with van der Waals surface area (Å²) in [5, 5.41) is 13.5. The molecule has 8 heteroatoms. The average Bonchev–Trinajstić information content (AvgIpc) is 2.33. The number of hydrogen-bond donors (Lipinski definition) is 3. The van der Waals surface area contributed by atoms with E-state index in [1.807, 2.05) is 19.0 Å². The zero-order valence-corrected chi connectivity index (χ0v) is 12.5. The van der Waals surface area contributed by atoms with E-state index < -0.39 is 23.9 Å². The summed E-state index contributed by atoms with van der Waals surface area (Å²) >= 11 is 0. The summed E-state index contributed by atoms with van der Waals surface area (Å²) in [6.45, 7) is 4.51. The molecule has 116 valence electrons. The van der Waals surface area contributed by atoms with Crippen molar-refractivity contribution in [1.82, 2.24) is 20.4 Å². The molecule has 0 aromatic rings. The zero-order chi connectivity index (χ0) is 15.7. The van der Waals surface area contributed by atoms with Crippen LogP contribution in [0.15, 0.2) is 0 Å². The van der Waals surface area contributed by atoms with Crippen LogP contribution in [0.2, 0.25) is 0 Å². The van der Waals surface area contributed by atoms with Gasteiger partial charge in [-0.2, -0.15) is 0 Å². The Hall–Kier alpha value is -1.67. The molecule has 0 heterocycles. The fraction of sp³-hybridized carbons (Fsp3) is 0.750. The minimum absolute atomic E-state index is 0.252. The second-order valence-corrected chi connectivity index (χ2v) is 4.69. The van der Waals surface area contributed by atoms with Crippen molar-refractivity contribution >= 4 is 17.9 Å². The molecule has 0 radical (unpaired) electrons. The number of carboxylic acid groups (broad SMARTS) is 1. The van der Waals surface area contributed by atoms with E-state index in [4.69, 9.17) is 5.11 Å². The van der Waals surface area contributed by atoms with Crippen molar-refractivity contribution in [2.45, 2.75) is 19.9 Å². The highest BCUT2D eigenvalue weighted by Gasteiger charge is 2.24. The number of hydrogen-bond acceptors (Lipinski definition) is 5. The molecule has 8 nitrogen and oxygen atoms in total. The van der Waals surface area contributed by atoms with Gasteiger partial charge in [-0.25, -0.2) is 4.79 Å². The number of likely N-dealkylation sites (N-methyl/N-ethyl adjacent to an activating group) is 1. The largest absolute Gasteiger partial charge is 0.480 e. The highest BCUT2D eigenvalue weighted by Crippen LogP contribution is 2.00. The Bertz CT molecular complexity index is 346. The molecule has 3 N–H and O–H groups in total. The van der Waals surface area contributed by atoms with Gasteiger partial charge in [0.05, 0.1) is 12.6 Å². The molecule has 20 heavy (non-hydrogen) atoms. The van der Waals surface area contributed by atoms with Crippen molar-refractivity contribution in [2.75, 3.05) is 40.3 Å². The summed E-state index contributed by atoms with van der Waals surface area (Å²) in [6, 6.07) is -1.28. The van der Waals surface area contributed by atoms with Gasteiger partial charge in [0.1, 0.15) is 0 Å². The Morgan fingerprint density at radius 2 is 1.80 bits per heavy atom. The Morgan fingerprint density at radius 3 is 2.25 bits per heavy atom. The van der Waals surface area contributed by atoms with Crippen molar-refractivity contribution in [3.63, 3.8) is 0 Å². The number of nitrogens with one attached hydrogen (secondary N) is 2. The van der Waals surface area contributed by atoms with Crippen LogP contribution in [0, 0.1) is 0 Å². The van der Waals surface area contributed by atoms with Crippen LogP contribution in [0.5, 0.6) is 0 Å². The molecule has 0 aliphatic carbocycles. The van der Waals surface area contributed by atoms with Gasteiger partial charge in [0.15, 0.2) is 0 Å². The number of carbonyl (C=O) groups excluding carboxylic acids is 2. The molecule has 0 aromatic carbocycles. The van der Waals surface area contributed by atoms with Crippen LogP contribution in [0.1, 0.15) is 13.8 Å². The Balaban J connectivity index is 4.57. The number of amides is 3. The van der Waals surface area contributed by atoms with Crippen LogP contribution in [0.25, 0.3) is 0 Å². The third-order valence-electron chi connectivity index (χ3n) is 2.67. The summed E-state index contributed by atoms with van der Waals surface area (Å²) in [4.78, 5) is 37.4. The van der Waals surface area contributed by atoms with E-state index >= 15 is 0 Å². The van der Waals surface area contributed by atoms with Crippen molar-refractivity contribution in [3.05, 3.63) is 0 Å². The molecule has 1 atom stereocenters. The summed E-state index contributed by atoms with van der Waals surface area (Å²) in [6.07, 6.45) is 0. The van der Waals surface area contributed by atoms with E-state index in [9.17, 15) is 14.4 Å². The van der Waals surface area contributed by atoms with Crippen LogP contribution in [-0.4, -0.2) is 79.1 Å². The molecule has 0 aliphatic heterocycles. The molecular weight excluding hydrogens is 264 g/mol. The first-order chi connectivity index (χ1) is 9.27. The maximum absolute atomic E-state index is 11.9. The van der Waals surface area contributed by atoms with Crippen LogP contribution in [-0.2, 0) is 9.59 Å².